The van der Waals surface area contributed by atoms with Crippen LogP contribution in [0.25, 0.3) is 21.9 Å². The first-order chi connectivity index (χ1) is 14.5. The molecule has 0 radical (unpaired) electrons. The Morgan fingerprint density at radius 2 is 2.00 bits per heavy atom. The molecule has 3 heterocycles. The fourth-order valence-electron chi connectivity index (χ4n) is 2.94. The maximum absolute atomic E-state index is 12.6. The van der Waals surface area contributed by atoms with E-state index < -0.39 is 0 Å². The molecule has 4 rings (SSSR count). The maximum atomic E-state index is 12.6. The van der Waals surface area contributed by atoms with E-state index in [0.717, 1.165) is 40.8 Å². The molecular weight excluding hydrogens is 398 g/mol. The molecule has 1 aromatic carbocycles. The molecule has 8 nitrogen and oxygen atoms in total. The van der Waals surface area contributed by atoms with Crippen LogP contribution in [0.5, 0.6) is 0 Å². The number of nitrogens with zero attached hydrogens (tertiary/aromatic N) is 5. The van der Waals surface area contributed by atoms with Crippen molar-refractivity contribution in [2.45, 2.75) is 0 Å². The van der Waals surface area contributed by atoms with Gasteiger partial charge in [0.05, 0.1) is 16.6 Å². The normalized spacial score (nSPS) is 11.2. The molecule has 0 unspecified atom stereocenters. The minimum absolute atomic E-state index is 0.205. The number of rotatable bonds is 7. The molecule has 9 heteroatoms. The lowest BCUT2D eigenvalue weighted by molar-refractivity contribution is 0.102. The monoisotopic (exact) mass is 421 g/mol. The number of aromatic nitrogens is 4. The standard InChI is InChI=1S/C21H23N7OS/c1-27(2)9-10-28(3)18-7-4-14(13-23-18)20(29)24-15-5-6-16-17(12-15)26-19(25-16)21-22-8-11-30-21/h4-8,11-13H,9-10H2,1-3H3,(H,24,29)(H,25,26). The second-order valence-corrected chi connectivity index (χ2v) is 8.13. The molecule has 154 valence electrons. The van der Waals surface area contributed by atoms with Crippen molar-refractivity contribution >= 4 is 39.8 Å². The molecule has 30 heavy (non-hydrogen) atoms. The number of anilines is 2. The summed E-state index contributed by atoms with van der Waals surface area (Å²) in [4.78, 5) is 33.3. The smallest absolute Gasteiger partial charge is 0.257 e. The van der Waals surface area contributed by atoms with Crippen molar-refractivity contribution in [1.29, 1.82) is 0 Å². The van der Waals surface area contributed by atoms with Gasteiger partial charge in [-0.1, -0.05) is 0 Å². The van der Waals surface area contributed by atoms with Crippen molar-refractivity contribution in [2.24, 2.45) is 0 Å². The van der Waals surface area contributed by atoms with Crippen LogP contribution in [0.15, 0.2) is 48.1 Å². The van der Waals surface area contributed by atoms with E-state index in [1.807, 2.05) is 50.8 Å². The molecule has 2 N–H and O–H groups in total. The van der Waals surface area contributed by atoms with E-state index in [1.54, 1.807) is 18.5 Å². The first-order valence-corrected chi connectivity index (χ1v) is 10.4. The van der Waals surface area contributed by atoms with Gasteiger partial charge in [0.2, 0.25) is 0 Å². The van der Waals surface area contributed by atoms with Gasteiger partial charge >= 0.3 is 0 Å². The van der Waals surface area contributed by atoms with Crippen LogP contribution in [0.3, 0.4) is 0 Å². The number of fused-ring (bicyclic) bond motifs is 1. The van der Waals surface area contributed by atoms with Crippen LogP contribution in [0.4, 0.5) is 11.5 Å². The van der Waals surface area contributed by atoms with Gasteiger partial charge in [-0.05, 0) is 44.4 Å². The van der Waals surface area contributed by atoms with E-state index in [0.29, 0.717) is 11.3 Å². The first-order valence-electron chi connectivity index (χ1n) is 9.52. The van der Waals surface area contributed by atoms with Crippen molar-refractivity contribution in [3.05, 3.63) is 53.7 Å². The van der Waals surface area contributed by atoms with Crippen LogP contribution < -0.4 is 10.2 Å². The molecule has 0 aliphatic carbocycles. The zero-order chi connectivity index (χ0) is 21.1. The van der Waals surface area contributed by atoms with Gasteiger partial charge < -0.3 is 20.1 Å². The number of likely N-dealkylation sites (N-methyl/N-ethyl adjacent to an activating group) is 2. The summed E-state index contributed by atoms with van der Waals surface area (Å²) in [6.45, 7) is 1.79. The fraction of sp³-hybridized carbons (Fsp3) is 0.238. The predicted molar refractivity (Wildman–Crippen MR) is 121 cm³/mol. The number of aromatic amines is 1. The summed E-state index contributed by atoms with van der Waals surface area (Å²) in [7, 11) is 6.07. The molecule has 0 aliphatic heterocycles. The van der Waals surface area contributed by atoms with Gasteiger partial charge in [0.25, 0.3) is 5.91 Å². The predicted octanol–water partition coefficient (Wildman–Crippen LogP) is 3.33. The second-order valence-electron chi connectivity index (χ2n) is 7.24. The van der Waals surface area contributed by atoms with Gasteiger partial charge in [-0.25, -0.2) is 15.0 Å². The van der Waals surface area contributed by atoms with Crippen molar-refractivity contribution in [1.82, 2.24) is 24.8 Å². The van der Waals surface area contributed by atoms with Gasteiger partial charge in [-0.3, -0.25) is 4.79 Å². The van der Waals surface area contributed by atoms with Crippen LogP contribution in [-0.2, 0) is 0 Å². The first kappa shape index (κ1) is 20.0. The Morgan fingerprint density at radius 1 is 1.13 bits per heavy atom. The van der Waals surface area contributed by atoms with Gasteiger partial charge in [0, 0.05) is 43.6 Å². The summed E-state index contributed by atoms with van der Waals surface area (Å²) < 4.78 is 0. The second kappa shape index (κ2) is 8.60. The Kier molecular flexibility index (Phi) is 5.73. The molecular formula is C21H23N7OS. The minimum atomic E-state index is -0.205. The SMILES string of the molecule is CN(C)CCN(C)c1ccc(C(=O)Nc2ccc3nc(-c4nccs4)[nH]c3c2)cn1. The van der Waals surface area contributed by atoms with Crippen LogP contribution >= 0.6 is 11.3 Å². The van der Waals surface area contributed by atoms with Crippen LogP contribution in [-0.4, -0.2) is 65.0 Å². The zero-order valence-corrected chi connectivity index (χ0v) is 17.9. The quantitative estimate of drug-likeness (QED) is 0.476. The lowest BCUT2D eigenvalue weighted by atomic mass is 10.2. The lowest BCUT2D eigenvalue weighted by Crippen LogP contribution is -2.29. The van der Waals surface area contributed by atoms with Crippen LogP contribution in [0.2, 0.25) is 0 Å². The molecule has 0 saturated heterocycles. The van der Waals surface area contributed by atoms with E-state index in [2.05, 4.69) is 35.1 Å². The third kappa shape index (κ3) is 4.47. The highest BCUT2D eigenvalue weighted by Gasteiger charge is 2.11. The Bertz CT molecular complexity index is 1140. The molecule has 0 spiro atoms. The molecule has 0 saturated carbocycles. The number of thiazole rings is 1. The Balaban J connectivity index is 1.45. The van der Waals surface area contributed by atoms with Crippen molar-refractivity contribution in [2.75, 3.05) is 44.4 Å². The zero-order valence-electron chi connectivity index (χ0n) is 17.1. The average Bonchev–Trinajstić information content (AvgIpc) is 3.41. The fourth-order valence-corrected chi connectivity index (χ4v) is 3.52. The summed E-state index contributed by atoms with van der Waals surface area (Å²) >= 11 is 1.52. The highest BCUT2D eigenvalue weighted by atomic mass is 32.1. The lowest BCUT2D eigenvalue weighted by Gasteiger charge is -2.20. The van der Waals surface area contributed by atoms with Crippen molar-refractivity contribution in [3.8, 4) is 10.8 Å². The number of hydrogen-bond donors (Lipinski definition) is 2. The van der Waals surface area contributed by atoms with Gasteiger partial charge in [0.15, 0.2) is 10.8 Å². The summed E-state index contributed by atoms with van der Waals surface area (Å²) in [5, 5.41) is 5.67. The highest BCUT2D eigenvalue weighted by Crippen LogP contribution is 2.24. The summed E-state index contributed by atoms with van der Waals surface area (Å²) in [5.74, 6) is 1.35. The third-order valence-corrected chi connectivity index (χ3v) is 5.44. The summed E-state index contributed by atoms with van der Waals surface area (Å²) in [6, 6.07) is 9.24. The molecule has 0 bridgehead atoms. The number of carbonyl (C=O) groups excluding carboxylic acids is 1. The minimum Gasteiger partial charge on any atom is -0.358 e. The maximum Gasteiger partial charge on any atom is 0.257 e. The van der Waals surface area contributed by atoms with Crippen molar-refractivity contribution < 1.29 is 4.79 Å². The van der Waals surface area contributed by atoms with Gasteiger partial charge in [0.1, 0.15) is 5.82 Å². The van der Waals surface area contributed by atoms with E-state index in [-0.39, 0.29) is 5.91 Å². The topological polar surface area (TPSA) is 90.0 Å². The highest BCUT2D eigenvalue weighted by molar-refractivity contribution is 7.13. The van der Waals surface area contributed by atoms with Crippen LogP contribution in [0, 0.1) is 0 Å². The number of carbonyl (C=O) groups is 1. The molecule has 4 aromatic rings. The van der Waals surface area contributed by atoms with E-state index in [9.17, 15) is 4.79 Å². The average molecular weight is 422 g/mol. The third-order valence-electron chi connectivity index (χ3n) is 4.66. The van der Waals surface area contributed by atoms with Crippen LogP contribution in [0.1, 0.15) is 10.4 Å². The molecule has 3 aromatic heterocycles. The van der Waals surface area contributed by atoms with E-state index in [4.69, 9.17) is 0 Å². The number of pyridine rings is 1. The Morgan fingerprint density at radius 3 is 2.70 bits per heavy atom. The number of nitrogens with one attached hydrogen (secondary N) is 2. The Hall–Kier alpha value is -3.30. The number of imidazole rings is 1. The summed E-state index contributed by atoms with van der Waals surface area (Å²) in [6.07, 6.45) is 3.35. The van der Waals surface area contributed by atoms with E-state index in [1.165, 1.54) is 11.3 Å². The number of benzene rings is 1. The number of hydrogen-bond acceptors (Lipinski definition) is 7. The number of H-pyrrole nitrogens is 1. The van der Waals surface area contributed by atoms with Gasteiger partial charge in [-0.2, -0.15) is 0 Å². The van der Waals surface area contributed by atoms with E-state index >= 15 is 0 Å². The number of amides is 1. The van der Waals surface area contributed by atoms with Crippen molar-refractivity contribution in [3.63, 3.8) is 0 Å². The summed E-state index contributed by atoms with van der Waals surface area (Å²) in [5.41, 5.74) is 2.86. The molecule has 0 aliphatic rings. The molecule has 0 atom stereocenters. The molecule has 0 fully saturated rings. The largest absolute Gasteiger partial charge is 0.358 e. The van der Waals surface area contributed by atoms with Gasteiger partial charge in [-0.15, -0.1) is 11.3 Å². The Labute approximate surface area is 178 Å². The molecule has 1 amide bonds.